The van der Waals surface area contributed by atoms with Crippen molar-refractivity contribution in [1.82, 2.24) is 4.98 Å². The molecule has 0 atom stereocenters. The lowest BCUT2D eigenvalue weighted by molar-refractivity contribution is -0.137. The number of carboxylic acids is 1. The Labute approximate surface area is 213 Å². The van der Waals surface area contributed by atoms with E-state index >= 15 is 0 Å². The maximum atomic E-state index is 12.2. The summed E-state index contributed by atoms with van der Waals surface area (Å²) in [6.45, 7) is 3.13. The van der Waals surface area contributed by atoms with E-state index in [4.69, 9.17) is 22.4 Å². The molecule has 1 aromatic heterocycles. The molecule has 4 N–H and O–H groups in total. The Bertz CT molecular complexity index is 831. The van der Waals surface area contributed by atoms with Crippen molar-refractivity contribution in [2.45, 2.75) is 64.5 Å². The normalized spacial score (nSPS) is 10.5. The molecule has 0 amide bonds. The molecule has 192 valence electrons. The minimum Gasteiger partial charge on any atom is -0.476 e. The topological polar surface area (TPSA) is 88.2 Å². The number of pyridine rings is 1. The fourth-order valence-electron chi connectivity index (χ4n) is 2.72. The largest absolute Gasteiger partial charge is 0.476 e. The summed E-state index contributed by atoms with van der Waals surface area (Å²) in [4.78, 5) is 13.8. The second-order valence-electron chi connectivity index (χ2n) is 7.34. The third-order valence-electron chi connectivity index (χ3n) is 4.58. The van der Waals surface area contributed by atoms with Gasteiger partial charge in [-0.3, -0.25) is 0 Å². The van der Waals surface area contributed by atoms with Crippen molar-refractivity contribution in [3.8, 4) is 0 Å². The lowest BCUT2D eigenvalue weighted by atomic mass is 10.1. The number of hydrogen-bond donors (Lipinski definition) is 3. The fraction of sp³-hybridized carbons (Fsp3) is 0.500. The van der Waals surface area contributed by atoms with Crippen LogP contribution in [0.2, 0.25) is 5.02 Å². The van der Waals surface area contributed by atoms with Crippen LogP contribution in [0.3, 0.4) is 0 Å². The van der Waals surface area contributed by atoms with Crippen molar-refractivity contribution >= 4 is 39.2 Å². The molecule has 0 aliphatic rings. The number of halogens is 5. The zero-order chi connectivity index (χ0) is 26.0. The highest BCUT2D eigenvalue weighted by atomic mass is 79.9. The van der Waals surface area contributed by atoms with Gasteiger partial charge in [0.25, 0.3) is 0 Å². The average Bonchev–Trinajstić information content (AvgIpc) is 2.79. The van der Waals surface area contributed by atoms with Crippen molar-refractivity contribution in [1.29, 1.82) is 0 Å². The molecule has 0 aliphatic carbocycles. The molecule has 0 spiro atoms. The van der Waals surface area contributed by atoms with E-state index in [0.717, 1.165) is 18.7 Å². The summed E-state index contributed by atoms with van der Waals surface area (Å²) in [5.74, 6) is -1.11. The monoisotopic (exact) mass is 567 g/mol. The predicted molar refractivity (Wildman–Crippen MR) is 137 cm³/mol. The third kappa shape index (κ3) is 14.4. The molecular formula is C24H34BrClF3N3O2. The number of rotatable bonds is 10. The van der Waals surface area contributed by atoms with Crippen molar-refractivity contribution in [3.05, 3.63) is 57.3 Å². The van der Waals surface area contributed by atoms with Crippen LogP contribution in [0, 0.1) is 0 Å². The zero-order valence-corrected chi connectivity index (χ0v) is 21.9. The summed E-state index contributed by atoms with van der Waals surface area (Å²) < 4.78 is 36.9. The maximum Gasteiger partial charge on any atom is 0.416 e. The molecular weight excluding hydrogens is 535 g/mol. The van der Waals surface area contributed by atoms with E-state index in [1.54, 1.807) is 13.1 Å². The number of anilines is 1. The van der Waals surface area contributed by atoms with Gasteiger partial charge < -0.3 is 16.2 Å². The van der Waals surface area contributed by atoms with Gasteiger partial charge in [0, 0.05) is 23.4 Å². The van der Waals surface area contributed by atoms with Crippen LogP contribution >= 0.6 is 27.5 Å². The summed E-state index contributed by atoms with van der Waals surface area (Å²) in [6, 6.07) is 6.53. The zero-order valence-electron chi connectivity index (χ0n) is 19.6. The second-order valence-corrected chi connectivity index (χ2v) is 8.61. The predicted octanol–water partition coefficient (Wildman–Crippen LogP) is 8.03. The van der Waals surface area contributed by atoms with Gasteiger partial charge in [0.2, 0.25) is 0 Å². The number of aromatic nitrogens is 1. The van der Waals surface area contributed by atoms with Gasteiger partial charge in [-0.1, -0.05) is 63.5 Å². The number of aromatic carboxylic acids is 1. The van der Waals surface area contributed by atoms with Gasteiger partial charge in [-0.25, -0.2) is 9.78 Å². The molecule has 0 radical (unpaired) electrons. The number of nitrogens with one attached hydrogen (secondary N) is 1. The molecule has 10 heteroatoms. The van der Waals surface area contributed by atoms with Crippen LogP contribution in [0.5, 0.6) is 0 Å². The number of alkyl halides is 3. The Balaban J connectivity index is 0.000000485. The summed E-state index contributed by atoms with van der Waals surface area (Å²) in [7, 11) is 1.65. The Morgan fingerprint density at radius 2 is 1.71 bits per heavy atom. The molecule has 2 aromatic rings. The minimum atomic E-state index is -4.28. The molecule has 1 heterocycles. The highest BCUT2D eigenvalue weighted by molar-refractivity contribution is 9.10. The standard InChI is InChI=1S/C10H23N.C8H7BrF3N.C6H4ClNO2/c1-2-3-4-5-6-7-8-9-10-11;1-13-7-3-2-5(4-6(7)9)8(10,11)12;7-4-2-1-3-8-5(4)6(9)10/h2-11H2,1H3;2-4,13H,1H3;1-3H,(H,9,10). The number of nitrogens with two attached hydrogens (primary N) is 1. The van der Waals surface area contributed by atoms with Crippen LogP contribution in [-0.2, 0) is 6.18 Å². The van der Waals surface area contributed by atoms with E-state index in [-0.39, 0.29) is 10.7 Å². The molecule has 34 heavy (non-hydrogen) atoms. The molecule has 0 bridgehead atoms. The molecule has 0 aliphatic heterocycles. The smallest absolute Gasteiger partial charge is 0.416 e. The van der Waals surface area contributed by atoms with Crippen molar-refractivity contribution < 1.29 is 23.1 Å². The third-order valence-corrected chi connectivity index (χ3v) is 5.55. The molecule has 0 unspecified atom stereocenters. The average molecular weight is 569 g/mol. The van der Waals surface area contributed by atoms with E-state index in [1.807, 2.05) is 0 Å². The summed E-state index contributed by atoms with van der Waals surface area (Å²) in [5.41, 5.74) is 5.26. The van der Waals surface area contributed by atoms with Crippen LogP contribution in [0.15, 0.2) is 41.0 Å². The summed E-state index contributed by atoms with van der Waals surface area (Å²) in [6.07, 6.45) is 8.08. The Hall–Kier alpha value is -1.84. The number of benzene rings is 1. The summed E-state index contributed by atoms with van der Waals surface area (Å²) in [5, 5.41) is 11.3. The highest BCUT2D eigenvalue weighted by Gasteiger charge is 2.30. The molecule has 0 saturated carbocycles. The van der Waals surface area contributed by atoms with E-state index in [0.29, 0.717) is 10.2 Å². The number of carboxylic acid groups (broad SMARTS) is 1. The molecule has 0 fully saturated rings. The molecule has 1 aromatic carbocycles. The number of carbonyl (C=O) groups is 1. The van der Waals surface area contributed by atoms with Crippen molar-refractivity contribution in [3.63, 3.8) is 0 Å². The van der Waals surface area contributed by atoms with Gasteiger partial charge in [0.05, 0.1) is 10.6 Å². The van der Waals surface area contributed by atoms with Crippen LogP contribution in [0.25, 0.3) is 0 Å². The van der Waals surface area contributed by atoms with Crippen LogP contribution < -0.4 is 11.1 Å². The Kier molecular flexibility index (Phi) is 17.5. The quantitative estimate of drug-likeness (QED) is 0.253. The lowest BCUT2D eigenvalue weighted by Crippen LogP contribution is -2.05. The first-order valence-electron chi connectivity index (χ1n) is 11.2. The van der Waals surface area contributed by atoms with Gasteiger partial charge in [-0.05, 0) is 59.2 Å². The first-order valence-corrected chi connectivity index (χ1v) is 12.3. The van der Waals surface area contributed by atoms with Gasteiger partial charge in [0.1, 0.15) is 0 Å². The fourth-order valence-corrected chi connectivity index (χ4v) is 3.49. The lowest BCUT2D eigenvalue weighted by Gasteiger charge is -2.09. The maximum absolute atomic E-state index is 12.2. The van der Waals surface area contributed by atoms with Crippen LogP contribution in [0.4, 0.5) is 18.9 Å². The van der Waals surface area contributed by atoms with Crippen molar-refractivity contribution in [2.75, 3.05) is 18.9 Å². The number of hydrogen-bond acceptors (Lipinski definition) is 4. The van der Waals surface area contributed by atoms with Gasteiger partial charge in [-0.15, -0.1) is 0 Å². The van der Waals surface area contributed by atoms with Crippen molar-refractivity contribution in [2.24, 2.45) is 5.73 Å². The van der Waals surface area contributed by atoms with Crippen LogP contribution in [-0.4, -0.2) is 29.7 Å². The van der Waals surface area contributed by atoms with E-state index in [1.165, 1.54) is 69.7 Å². The van der Waals surface area contributed by atoms with Gasteiger partial charge in [0.15, 0.2) is 5.69 Å². The van der Waals surface area contributed by atoms with Crippen LogP contribution in [0.1, 0.15) is 74.3 Å². The highest BCUT2D eigenvalue weighted by Crippen LogP contribution is 2.33. The SMILES string of the molecule is CCCCCCCCCCN.CNc1ccc(C(F)(F)F)cc1Br.O=C(O)c1ncccc1Cl. The molecule has 2 rings (SSSR count). The van der Waals surface area contributed by atoms with E-state index < -0.39 is 17.7 Å². The van der Waals surface area contributed by atoms with Gasteiger partial charge in [-0.2, -0.15) is 13.2 Å². The van der Waals surface area contributed by atoms with E-state index in [2.05, 4.69) is 33.2 Å². The first kappa shape index (κ1) is 32.2. The van der Waals surface area contributed by atoms with E-state index in [9.17, 15) is 18.0 Å². The molecule has 5 nitrogen and oxygen atoms in total. The Morgan fingerprint density at radius 1 is 1.12 bits per heavy atom. The second kappa shape index (κ2) is 18.5. The summed E-state index contributed by atoms with van der Waals surface area (Å²) >= 11 is 8.51. The van der Waals surface area contributed by atoms with Gasteiger partial charge >= 0.3 is 12.1 Å². The number of nitrogens with zero attached hydrogens (tertiary/aromatic N) is 1. The molecule has 0 saturated heterocycles. The number of unbranched alkanes of at least 4 members (excludes halogenated alkanes) is 7. The Morgan fingerprint density at radius 3 is 2.12 bits per heavy atom. The minimum absolute atomic E-state index is 0.107. The first-order chi connectivity index (χ1) is 16.1.